The summed E-state index contributed by atoms with van der Waals surface area (Å²) in [7, 11) is -3.08. The summed E-state index contributed by atoms with van der Waals surface area (Å²) in [5.74, 6) is 0. The van der Waals surface area contributed by atoms with Crippen LogP contribution in [0.15, 0.2) is 121 Å². The fraction of sp³-hybridized carbons (Fsp3) is 0.111. The molecule has 31 heavy (non-hydrogen) atoms. The molecule has 4 aromatic carbocycles. The first-order valence-corrected chi connectivity index (χ1v) is 16.7. The van der Waals surface area contributed by atoms with E-state index in [1.807, 2.05) is 0 Å². The van der Waals surface area contributed by atoms with Gasteiger partial charge >= 0.3 is 0 Å². The van der Waals surface area contributed by atoms with Crippen LogP contribution in [0.25, 0.3) is 0 Å². The lowest BCUT2D eigenvalue weighted by Gasteiger charge is -2.46. The first-order chi connectivity index (χ1) is 15.1. The van der Waals surface area contributed by atoms with Gasteiger partial charge in [0.2, 0.25) is 0 Å². The topological polar surface area (TPSA) is 3.24 Å². The molecule has 0 saturated heterocycles. The summed E-state index contributed by atoms with van der Waals surface area (Å²) < 4.78 is 2.94. The monoisotopic (exact) mass is 457 g/mol. The number of rotatable bonds is 7. The van der Waals surface area contributed by atoms with Crippen molar-refractivity contribution in [3.63, 3.8) is 0 Å². The van der Waals surface area contributed by atoms with E-state index in [9.17, 15) is 0 Å². The van der Waals surface area contributed by atoms with Gasteiger partial charge in [-0.2, -0.15) is 0 Å². The van der Waals surface area contributed by atoms with E-state index in [1.54, 1.807) is 0 Å². The SMILES string of the molecule is C[Si](C)(C)N(P(c1ccccc1)c1ccccc1)P(c1ccccc1)c1ccccc1. The van der Waals surface area contributed by atoms with Crippen molar-refractivity contribution in [3.8, 4) is 0 Å². The van der Waals surface area contributed by atoms with Gasteiger partial charge in [0.05, 0.1) is 0 Å². The molecule has 0 fully saturated rings. The molecule has 0 atom stereocenters. The van der Waals surface area contributed by atoms with E-state index >= 15 is 0 Å². The molecule has 0 aliphatic rings. The molecule has 4 aromatic rings. The zero-order chi connectivity index (χ0) is 21.7. The summed E-state index contributed by atoms with van der Waals surface area (Å²) in [5, 5.41) is 5.69. The Morgan fingerprint density at radius 3 is 0.839 bits per heavy atom. The van der Waals surface area contributed by atoms with Gasteiger partial charge in [0, 0.05) is 16.1 Å². The van der Waals surface area contributed by atoms with Gasteiger partial charge in [0.1, 0.15) is 8.24 Å². The predicted octanol–water partition coefficient (Wildman–Crippen LogP) is 6.22. The van der Waals surface area contributed by atoms with Crippen LogP contribution in [0.4, 0.5) is 0 Å². The maximum Gasteiger partial charge on any atom is 0.129 e. The van der Waals surface area contributed by atoms with Crippen LogP contribution in [-0.2, 0) is 0 Å². The summed E-state index contributed by atoms with van der Waals surface area (Å²) in [4.78, 5) is 0. The van der Waals surface area contributed by atoms with Crippen LogP contribution < -0.4 is 21.2 Å². The zero-order valence-electron chi connectivity index (χ0n) is 18.4. The maximum atomic E-state index is 2.94. The number of nitrogens with zero attached hydrogens (tertiary/aromatic N) is 1. The lowest BCUT2D eigenvalue weighted by atomic mass is 10.4. The second-order valence-corrected chi connectivity index (χ2v) is 18.4. The van der Waals surface area contributed by atoms with Crippen molar-refractivity contribution in [1.82, 2.24) is 4.11 Å². The Labute approximate surface area is 190 Å². The molecule has 0 aliphatic carbocycles. The van der Waals surface area contributed by atoms with Crippen LogP contribution in [0.2, 0.25) is 19.6 Å². The van der Waals surface area contributed by atoms with Gasteiger partial charge in [-0.1, -0.05) is 141 Å². The smallest absolute Gasteiger partial charge is 0.129 e. The largest absolute Gasteiger partial charge is 0.267 e. The summed E-state index contributed by atoms with van der Waals surface area (Å²) >= 11 is 0. The lowest BCUT2D eigenvalue weighted by molar-refractivity contribution is 1.08. The molecule has 0 spiro atoms. The molecule has 0 amide bonds. The molecular weight excluding hydrogens is 428 g/mol. The molecule has 0 bridgehead atoms. The molecule has 4 rings (SSSR count). The maximum absolute atomic E-state index is 2.94. The van der Waals surface area contributed by atoms with Crippen LogP contribution in [0, 0.1) is 0 Å². The van der Waals surface area contributed by atoms with Gasteiger partial charge in [-0.3, -0.25) is 4.11 Å². The average molecular weight is 458 g/mol. The lowest BCUT2D eigenvalue weighted by Crippen LogP contribution is -2.46. The first-order valence-electron chi connectivity index (χ1n) is 10.7. The molecule has 0 saturated carbocycles. The molecule has 4 heteroatoms. The fourth-order valence-corrected chi connectivity index (χ4v) is 15.1. The standard InChI is InChI=1S/C27H29NP2Si/c1-31(2,3)28(29(24-16-8-4-9-17-24)25-18-10-5-11-19-25)30(26-20-12-6-13-21-26)27-22-14-7-15-23-27/h4-23H,1-3H3. The van der Waals surface area contributed by atoms with E-state index in [0.717, 1.165) is 0 Å². The highest BCUT2D eigenvalue weighted by molar-refractivity contribution is 7.87. The summed E-state index contributed by atoms with van der Waals surface area (Å²) in [5.41, 5.74) is 0. The molecule has 0 N–H and O–H groups in total. The van der Waals surface area contributed by atoms with E-state index in [4.69, 9.17) is 0 Å². The van der Waals surface area contributed by atoms with Crippen LogP contribution in [-0.4, -0.2) is 12.3 Å². The second-order valence-electron chi connectivity index (χ2n) is 8.43. The minimum Gasteiger partial charge on any atom is -0.267 e. The van der Waals surface area contributed by atoms with E-state index < -0.39 is 24.4 Å². The average Bonchev–Trinajstić information content (AvgIpc) is 2.81. The van der Waals surface area contributed by atoms with E-state index in [0.29, 0.717) is 0 Å². The van der Waals surface area contributed by atoms with E-state index in [2.05, 4.69) is 145 Å². The number of hydrogen-bond acceptors (Lipinski definition) is 1. The Kier molecular flexibility index (Phi) is 7.15. The molecule has 1 nitrogen and oxygen atoms in total. The second kappa shape index (κ2) is 10.0. The quantitative estimate of drug-likeness (QED) is 0.235. The summed E-state index contributed by atoms with van der Waals surface area (Å²) in [6.45, 7) is 7.49. The summed E-state index contributed by atoms with van der Waals surface area (Å²) in [6.07, 6.45) is 0. The van der Waals surface area contributed by atoms with Crippen LogP contribution >= 0.6 is 16.1 Å². The Morgan fingerprint density at radius 2 is 0.645 bits per heavy atom. The van der Waals surface area contributed by atoms with Gasteiger partial charge in [0.25, 0.3) is 0 Å². The Balaban J connectivity index is 1.97. The van der Waals surface area contributed by atoms with E-state index in [-0.39, 0.29) is 0 Å². The third-order valence-electron chi connectivity index (χ3n) is 4.98. The first kappa shape index (κ1) is 22.1. The van der Waals surface area contributed by atoms with Gasteiger partial charge in [-0.25, -0.2) is 0 Å². The number of hydrogen-bond donors (Lipinski definition) is 0. The zero-order valence-corrected chi connectivity index (χ0v) is 21.2. The highest BCUT2D eigenvalue weighted by Gasteiger charge is 2.39. The molecular formula is C27H29NP2Si. The highest BCUT2D eigenvalue weighted by atomic mass is 31.2. The van der Waals surface area contributed by atoms with Gasteiger partial charge in [0.15, 0.2) is 0 Å². The van der Waals surface area contributed by atoms with Crippen LogP contribution in [0.5, 0.6) is 0 Å². The number of benzene rings is 4. The van der Waals surface area contributed by atoms with Crippen molar-refractivity contribution in [2.45, 2.75) is 19.6 Å². The van der Waals surface area contributed by atoms with Crippen molar-refractivity contribution in [1.29, 1.82) is 0 Å². The third kappa shape index (κ3) is 5.22. The summed E-state index contributed by atoms with van der Waals surface area (Å²) in [6, 6.07) is 44.5. The third-order valence-corrected chi connectivity index (χ3v) is 16.0. The molecule has 0 radical (unpaired) electrons. The van der Waals surface area contributed by atoms with Crippen molar-refractivity contribution < 1.29 is 0 Å². The minimum atomic E-state index is -1.75. The normalized spacial score (nSPS) is 11.9. The van der Waals surface area contributed by atoms with Crippen molar-refractivity contribution in [2.24, 2.45) is 0 Å². The van der Waals surface area contributed by atoms with Gasteiger partial charge in [-0.15, -0.1) is 0 Å². The van der Waals surface area contributed by atoms with Crippen LogP contribution in [0.3, 0.4) is 0 Å². The molecule has 0 unspecified atom stereocenters. The Hall–Kier alpha value is -2.08. The van der Waals surface area contributed by atoms with Gasteiger partial charge < -0.3 is 0 Å². The van der Waals surface area contributed by atoms with Gasteiger partial charge in [-0.05, 0) is 21.2 Å². The molecule has 156 valence electrons. The molecule has 0 heterocycles. The van der Waals surface area contributed by atoms with Crippen molar-refractivity contribution in [2.75, 3.05) is 0 Å². The minimum absolute atomic E-state index is 0.665. The Bertz CT molecular complexity index is 906. The van der Waals surface area contributed by atoms with Crippen LogP contribution in [0.1, 0.15) is 0 Å². The fourth-order valence-electron chi connectivity index (χ4n) is 3.70. The molecule has 0 aromatic heterocycles. The Morgan fingerprint density at radius 1 is 0.419 bits per heavy atom. The predicted molar refractivity (Wildman–Crippen MR) is 143 cm³/mol. The highest BCUT2D eigenvalue weighted by Crippen LogP contribution is 2.57. The van der Waals surface area contributed by atoms with E-state index in [1.165, 1.54) is 21.2 Å². The van der Waals surface area contributed by atoms with Crippen molar-refractivity contribution >= 4 is 45.6 Å². The molecule has 0 aliphatic heterocycles. The van der Waals surface area contributed by atoms with Crippen molar-refractivity contribution in [3.05, 3.63) is 121 Å².